The van der Waals surface area contributed by atoms with Crippen LogP contribution in [0.4, 0.5) is 8.78 Å². The van der Waals surface area contributed by atoms with Crippen molar-refractivity contribution in [3.05, 3.63) is 0 Å². The minimum absolute atomic E-state index is 0.0727. The van der Waals surface area contributed by atoms with Crippen LogP contribution in [0.1, 0.15) is 104 Å². The zero-order chi connectivity index (χ0) is 21.2. The number of carboxylic acid groups (broad SMARTS) is 1. The molecule has 28 heavy (non-hydrogen) atoms. The molecule has 1 aliphatic carbocycles. The zero-order valence-corrected chi connectivity index (χ0v) is 17.5. The summed E-state index contributed by atoms with van der Waals surface area (Å²) >= 11 is 0. The van der Waals surface area contributed by atoms with E-state index in [1.807, 2.05) is 0 Å². The minimum atomic E-state index is -2.57. The highest BCUT2D eigenvalue weighted by atomic mass is 19.3. The van der Waals surface area contributed by atoms with Crippen molar-refractivity contribution in [2.45, 2.75) is 116 Å². The van der Waals surface area contributed by atoms with E-state index < -0.39 is 29.3 Å². The molecule has 6 heteroatoms. The van der Waals surface area contributed by atoms with Crippen LogP contribution in [0.25, 0.3) is 0 Å². The molecule has 0 radical (unpaired) electrons. The Kier molecular flexibility index (Phi) is 10.6. The second-order valence-corrected chi connectivity index (χ2v) is 8.85. The number of aliphatic hydroxyl groups is 1. The Balaban J connectivity index is 2.62. The molecular formula is C22H38F2O4. The van der Waals surface area contributed by atoms with Gasteiger partial charge < -0.3 is 10.2 Å². The van der Waals surface area contributed by atoms with Gasteiger partial charge in [-0.2, -0.15) is 0 Å². The first-order valence-electron chi connectivity index (χ1n) is 10.9. The SMILES string of the molecule is CCCCCC(C)(O)CC[C@@]1(C(F)F)CCC(=O)[C@@H]1CCCCCCC(=O)O. The molecule has 0 aromatic rings. The van der Waals surface area contributed by atoms with Gasteiger partial charge in [-0.05, 0) is 45.4 Å². The number of hydrogen-bond acceptors (Lipinski definition) is 3. The molecule has 2 N–H and O–H groups in total. The summed E-state index contributed by atoms with van der Waals surface area (Å²) in [6.07, 6.45) is 5.14. The number of halogens is 2. The lowest BCUT2D eigenvalue weighted by Crippen LogP contribution is -2.38. The fourth-order valence-corrected chi connectivity index (χ4v) is 4.50. The third-order valence-electron chi connectivity index (χ3n) is 6.44. The second kappa shape index (κ2) is 11.8. The third kappa shape index (κ3) is 7.76. The Morgan fingerprint density at radius 1 is 1.18 bits per heavy atom. The number of alkyl halides is 2. The maximum atomic E-state index is 14.1. The molecule has 0 amide bonds. The number of ketones is 1. The number of carboxylic acids is 1. The summed E-state index contributed by atoms with van der Waals surface area (Å²) in [4.78, 5) is 22.9. The molecule has 0 aromatic heterocycles. The molecule has 4 nitrogen and oxygen atoms in total. The molecule has 0 heterocycles. The van der Waals surface area contributed by atoms with Crippen LogP contribution < -0.4 is 0 Å². The monoisotopic (exact) mass is 404 g/mol. The average molecular weight is 405 g/mol. The fraction of sp³-hybridized carbons (Fsp3) is 0.909. The molecule has 1 aliphatic rings. The number of rotatable bonds is 15. The van der Waals surface area contributed by atoms with E-state index in [1.54, 1.807) is 6.92 Å². The highest BCUT2D eigenvalue weighted by Crippen LogP contribution is 2.52. The van der Waals surface area contributed by atoms with Gasteiger partial charge in [-0.1, -0.05) is 45.4 Å². The van der Waals surface area contributed by atoms with Gasteiger partial charge in [0.1, 0.15) is 5.78 Å². The van der Waals surface area contributed by atoms with Crippen molar-refractivity contribution in [1.82, 2.24) is 0 Å². The predicted molar refractivity (Wildman–Crippen MR) is 106 cm³/mol. The van der Waals surface area contributed by atoms with Crippen molar-refractivity contribution >= 4 is 11.8 Å². The van der Waals surface area contributed by atoms with Gasteiger partial charge in [-0.25, -0.2) is 8.78 Å². The summed E-state index contributed by atoms with van der Waals surface area (Å²) in [5.41, 5.74) is -2.28. The van der Waals surface area contributed by atoms with Crippen LogP contribution in [-0.2, 0) is 9.59 Å². The van der Waals surface area contributed by atoms with E-state index in [4.69, 9.17) is 5.11 Å². The summed E-state index contributed by atoms with van der Waals surface area (Å²) in [6, 6.07) is 0. The zero-order valence-electron chi connectivity index (χ0n) is 17.5. The number of carbonyl (C=O) groups is 2. The van der Waals surface area contributed by atoms with Gasteiger partial charge in [0.15, 0.2) is 0 Å². The first-order valence-corrected chi connectivity index (χ1v) is 10.9. The number of unbranched alkanes of at least 4 members (excludes halogenated alkanes) is 5. The summed E-state index contributed by atoms with van der Waals surface area (Å²) < 4.78 is 28.2. The lowest BCUT2D eigenvalue weighted by Gasteiger charge is -2.36. The highest BCUT2D eigenvalue weighted by Gasteiger charge is 2.53. The second-order valence-electron chi connectivity index (χ2n) is 8.85. The number of aliphatic carboxylic acids is 1. The Bertz CT molecular complexity index is 493. The van der Waals surface area contributed by atoms with E-state index in [0.717, 1.165) is 32.1 Å². The number of hydrogen-bond donors (Lipinski definition) is 2. The Morgan fingerprint density at radius 3 is 2.46 bits per heavy atom. The van der Waals surface area contributed by atoms with E-state index in [-0.39, 0.29) is 31.5 Å². The van der Waals surface area contributed by atoms with Crippen LogP contribution in [0.3, 0.4) is 0 Å². The van der Waals surface area contributed by atoms with Crippen molar-refractivity contribution in [2.75, 3.05) is 0 Å². The van der Waals surface area contributed by atoms with Gasteiger partial charge in [-0.15, -0.1) is 0 Å². The lowest BCUT2D eigenvalue weighted by molar-refractivity contribution is -0.137. The largest absolute Gasteiger partial charge is 0.481 e. The van der Waals surface area contributed by atoms with Gasteiger partial charge in [0.2, 0.25) is 6.43 Å². The topological polar surface area (TPSA) is 74.6 Å². The highest BCUT2D eigenvalue weighted by molar-refractivity contribution is 5.84. The normalized spacial score (nSPS) is 24.6. The Morgan fingerprint density at radius 2 is 1.86 bits per heavy atom. The van der Waals surface area contributed by atoms with Crippen molar-refractivity contribution in [1.29, 1.82) is 0 Å². The van der Waals surface area contributed by atoms with Crippen LogP contribution >= 0.6 is 0 Å². The van der Waals surface area contributed by atoms with E-state index in [2.05, 4.69) is 6.92 Å². The van der Waals surface area contributed by atoms with Crippen LogP contribution in [0.5, 0.6) is 0 Å². The van der Waals surface area contributed by atoms with Gasteiger partial charge in [-0.3, -0.25) is 9.59 Å². The summed E-state index contributed by atoms with van der Waals surface area (Å²) in [7, 11) is 0. The molecule has 164 valence electrons. The maximum Gasteiger partial charge on any atom is 0.303 e. The molecule has 0 spiro atoms. The van der Waals surface area contributed by atoms with Gasteiger partial charge >= 0.3 is 5.97 Å². The standard InChI is InChI=1S/C22H38F2O4/c1-3-4-9-13-21(2,28)15-16-22(20(23)24)14-12-18(25)17(22)10-7-5-6-8-11-19(26)27/h17,20,28H,3-16H2,1-2H3,(H,26,27)/t17-,21?,22-/m0/s1. The molecule has 1 saturated carbocycles. The number of carbonyl (C=O) groups excluding carboxylic acids is 1. The van der Waals surface area contributed by atoms with E-state index in [1.165, 1.54) is 0 Å². The number of Topliss-reactive ketones (excluding diaryl/α,β-unsaturated/α-hetero) is 1. The Hall–Kier alpha value is -1.04. The maximum absolute atomic E-state index is 14.1. The van der Waals surface area contributed by atoms with E-state index >= 15 is 0 Å². The molecule has 1 rings (SSSR count). The lowest BCUT2D eigenvalue weighted by atomic mass is 9.70. The molecule has 0 aromatic carbocycles. The van der Waals surface area contributed by atoms with Gasteiger partial charge in [0.25, 0.3) is 0 Å². The van der Waals surface area contributed by atoms with Gasteiger partial charge in [0, 0.05) is 24.2 Å². The minimum Gasteiger partial charge on any atom is -0.481 e. The molecule has 3 atom stereocenters. The van der Waals surface area contributed by atoms with E-state index in [0.29, 0.717) is 32.1 Å². The van der Waals surface area contributed by atoms with Crippen LogP contribution in [-0.4, -0.2) is 34.0 Å². The molecule has 0 bridgehead atoms. The quantitative estimate of drug-likeness (QED) is 0.341. The molecular weight excluding hydrogens is 366 g/mol. The predicted octanol–water partition coefficient (Wildman–Crippen LogP) is 5.75. The van der Waals surface area contributed by atoms with Gasteiger partial charge in [0.05, 0.1) is 5.60 Å². The summed E-state index contributed by atoms with van der Waals surface area (Å²) in [5.74, 6) is -1.54. The fourth-order valence-electron chi connectivity index (χ4n) is 4.50. The smallest absolute Gasteiger partial charge is 0.303 e. The molecule has 0 saturated heterocycles. The van der Waals surface area contributed by atoms with Crippen LogP contribution in [0.2, 0.25) is 0 Å². The van der Waals surface area contributed by atoms with Crippen molar-refractivity contribution in [3.63, 3.8) is 0 Å². The van der Waals surface area contributed by atoms with Crippen molar-refractivity contribution in [3.8, 4) is 0 Å². The molecule has 0 aliphatic heterocycles. The Labute approximate surface area is 168 Å². The van der Waals surface area contributed by atoms with Crippen LogP contribution in [0.15, 0.2) is 0 Å². The average Bonchev–Trinajstić information content (AvgIpc) is 2.93. The van der Waals surface area contributed by atoms with E-state index in [9.17, 15) is 23.5 Å². The summed E-state index contributed by atoms with van der Waals surface area (Å²) in [5, 5.41) is 19.2. The summed E-state index contributed by atoms with van der Waals surface area (Å²) in [6.45, 7) is 3.80. The first kappa shape index (κ1) is 25.0. The van der Waals surface area contributed by atoms with Crippen molar-refractivity contribution < 1.29 is 28.6 Å². The van der Waals surface area contributed by atoms with Crippen LogP contribution in [0, 0.1) is 11.3 Å². The molecule has 1 unspecified atom stereocenters. The van der Waals surface area contributed by atoms with Crippen molar-refractivity contribution in [2.24, 2.45) is 11.3 Å². The third-order valence-corrected chi connectivity index (χ3v) is 6.44. The molecule has 1 fully saturated rings. The first-order chi connectivity index (χ1) is 13.1.